The maximum absolute atomic E-state index is 6.70. The summed E-state index contributed by atoms with van der Waals surface area (Å²) in [5, 5.41) is 0. The van der Waals surface area contributed by atoms with E-state index in [0.717, 1.165) is 11.3 Å². The van der Waals surface area contributed by atoms with Gasteiger partial charge in [-0.05, 0) is 13.0 Å². The van der Waals surface area contributed by atoms with Crippen molar-refractivity contribution in [2.75, 3.05) is 7.11 Å². The number of nitrogens with zero attached hydrogens (tertiary/aromatic N) is 2. The molecule has 62 valence electrons. The number of ether oxygens (including phenoxy) is 1. The first-order valence-electron chi connectivity index (χ1n) is 3.61. The third kappa shape index (κ3) is 1.96. The first-order valence-corrected chi connectivity index (χ1v) is 3.61. The summed E-state index contributed by atoms with van der Waals surface area (Å²) < 4.78 is 4.97. The second kappa shape index (κ2) is 3.72. The molecule has 0 radical (unpaired) electrons. The number of aryl methyl sites for hydroxylation is 1. The van der Waals surface area contributed by atoms with E-state index in [0.29, 0.717) is 12.4 Å². The lowest BCUT2D eigenvalue weighted by Crippen LogP contribution is -1.92. The van der Waals surface area contributed by atoms with Crippen LogP contribution in [0.2, 0.25) is 0 Å². The van der Waals surface area contributed by atoms with E-state index in [4.69, 9.17) is 11.3 Å². The fourth-order valence-corrected chi connectivity index (χ4v) is 0.994. The summed E-state index contributed by atoms with van der Waals surface area (Å²) in [6.45, 7) is 8.98. The highest BCUT2D eigenvalue weighted by atomic mass is 16.5. The van der Waals surface area contributed by atoms with E-state index in [1.165, 1.54) is 0 Å². The molecule has 0 fully saturated rings. The molecule has 0 aliphatic rings. The second-order valence-electron chi connectivity index (χ2n) is 2.48. The predicted molar refractivity (Wildman–Crippen MR) is 45.8 cm³/mol. The zero-order valence-corrected chi connectivity index (χ0v) is 7.16. The van der Waals surface area contributed by atoms with Crippen LogP contribution in [0.5, 0.6) is 5.88 Å². The number of rotatable bonds is 2. The molecule has 0 saturated carbocycles. The number of aromatic nitrogens is 1. The third-order valence-electron chi connectivity index (χ3n) is 1.46. The molecule has 12 heavy (non-hydrogen) atoms. The van der Waals surface area contributed by atoms with E-state index in [9.17, 15) is 0 Å². The van der Waals surface area contributed by atoms with Gasteiger partial charge in [-0.2, -0.15) is 0 Å². The van der Waals surface area contributed by atoms with Crippen molar-refractivity contribution in [3.8, 4) is 5.88 Å². The fraction of sp³-hybridized carbons (Fsp3) is 0.333. The molecule has 0 N–H and O–H groups in total. The van der Waals surface area contributed by atoms with E-state index >= 15 is 0 Å². The van der Waals surface area contributed by atoms with E-state index < -0.39 is 0 Å². The van der Waals surface area contributed by atoms with E-state index in [2.05, 4.69) is 9.83 Å². The fourth-order valence-electron chi connectivity index (χ4n) is 0.994. The highest BCUT2D eigenvalue weighted by Gasteiger charge is 2.00. The van der Waals surface area contributed by atoms with Crippen LogP contribution in [-0.2, 0) is 6.54 Å². The molecule has 0 spiro atoms. The third-order valence-corrected chi connectivity index (χ3v) is 1.46. The summed E-state index contributed by atoms with van der Waals surface area (Å²) in [4.78, 5) is 7.40. The summed E-state index contributed by atoms with van der Waals surface area (Å²) in [7, 11) is 1.57. The monoisotopic (exact) mass is 162 g/mol. The largest absolute Gasteiger partial charge is 0.481 e. The molecule has 0 amide bonds. The van der Waals surface area contributed by atoms with Gasteiger partial charge in [0.1, 0.15) is 0 Å². The molecule has 0 unspecified atom stereocenters. The van der Waals surface area contributed by atoms with E-state index in [1.54, 1.807) is 13.2 Å². The van der Waals surface area contributed by atoms with Crippen molar-refractivity contribution in [1.29, 1.82) is 0 Å². The standard InChI is InChI=1S/C9H10N2O/c1-7-4-8(6-10-2)5-9(11-7)12-3/h4-5H,6H2,1,3H3. The SMILES string of the molecule is [C-]#[N+]Cc1cc(C)nc(OC)c1. The first kappa shape index (κ1) is 8.54. The molecule has 0 aliphatic heterocycles. The van der Waals surface area contributed by atoms with Crippen molar-refractivity contribution in [2.45, 2.75) is 13.5 Å². The lowest BCUT2D eigenvalue weighted by Gasteiger charge is -2.00. The van der Waals surface area contributed by atoms with Gasteiger partial charge in [0.2, 0.25) is 12.4 Å². The number of pyridine rings is 1. The lowest BCUT2D eigenvalue weighted by atomic mass is 10.2. The molecule has 0 aromatic carbocycles. The molecule has 1 aromatic rings. The Balaban J connectivity index is 2.99. The maximum atomic E-state index is 6.70. The van der Waals surface area contributed by atoms with Gasteiger partial charge in [-0.25, -0.2) is 11.6 Å². The Kier molecular flexibility index (Phi) is 2.65. The molecule has 0 bridgehead atoms. The Morgan fingerprint density at radius 2 is 2.33 bits per heavy atom. The first-order chi connectivity index (χ1) is 5.76. The molecular formula is C9H10N2O. The van der Waals surface area contributed by atoms with Crippen molar-refractivity contribution in [1.82, 2.24) is 4.98 Å². The van der Waals surface area contributed by atoms with Crippen molar-refractivity contribution in [3.63, 3.8) is 0 Å². The Morgan fingerprint density at radius 3 is 2.92 bits per heavy atom. The van der Waals surface area contributed by atoms with Crippen LogP contribution in [0.25, 0.3) is 4.85 Å². The van der Waals surface area contributed by atoms with Gasteiger partial charge in [0, 0.05) is 17.3 Å². The van der Waals surface area contributed by atoms with Crippen LogP contribution in [0.15, 0.2) is 12.1 Å². The van der Waals surface area contributed by atoms with Gasteiger partial charge in [-0.3, -0.25) is 0 Å². The van der Waals surface area contributed by atoms with Gasteiger partial charge in [-0.1, -0.05) is 0 Å². The van der Waals surface area contributed by atoms with Crippen LogP contribution in [-0.4, -0.2) is 12.1 Å². The normalized spacial score (nSPS) is 9.08. The molecule has 3 heteroatoms. The van der Waals surface area contributed by atoms with Gasteiger partial charge in [0.15, 0.2) is 0 Å². The number of methoxy groups -OCH3 is 1. The summed E-state index contributed by atoms with van der Waals surface area (Å²) in [5.41, 5.74) is 1.84. The van der Waals surface area contributed by atoms with Crippen LogP contribution in [0.3, 0.4) is 0 Å². The molecule has 1 aromatic heterocycles. The van der Waals surface area contributed by atoms with Gasteiger partial charge in [-0.15, -0.1) is 0 Å². The minimum atomic E-state index is 0.389. The van der Waals surface area contributed by atoms with E-state index in [-0.39, 0.29) is 0 Å². The molecule has 0 saturated heterocycles. The topological polar surface area (TPSA) is 26.5 Å². The van der Waals surface area contributed by atoms with Gasteiger partial charge in [0.05, 0.1) is 7.11 Å². The van der Waals surface area contributed by atoms with Crippen LogP contribution in [0.4, 0.5) is 0 Å². The smallest absolute Gasteiger partial charge is 0.240 e. The zero-order chi connectivity index (χ0) is 8.97. The van der Waals surface area contributed by atoms with Gasteiger partial charge in [0.25, 0.3) is 0 Å². The van der Waals surface area contributed by atoms with Gasteiger partial charge < -0.3 is 9.58 Å². The van der Waals surface area contributed by atoms with Crippen LogP contribution < -0.4 is 4.74 Å². The molecule has 3 nitrogen and oxygen atoms in total. The molecular weight excluding hydrogens is 152 g/mol. The number of hydrogen-bond acceptors (Lipinski definition) is 2. The van der Waals surface area contributed by atoms with Crippen LogP contribution >= 0.6 is 0 Å². The summed E-state index contributed by atoms with van der Waals surface area (Å²) in [6, 6.07) is 3.67. The average molecular weight is 162 g/mol. The van der Waals surface area contributed by atoms with Crippen LogP contribution in [0.1, 0.15) is 11.3 Å². The van der Waals surface area contributed by atoms with Crippen molar-refractivity contribution in [2.24, 2.45) is 0 Å². The minimum Gasteiger partial charge on any atom is -0.481 e. The average Bonchev–Trinajstić information content (AvgIpc) is 2.04. The number of hydrogen-bond donors (Lipinski definition) is 0. The Hall–Kier alpha value is -1.56. The maximum Gasteiger partial charge on any atom is 0.240 e. The zero-order valence-electron chi connectivity index (χ0n) is 7.16. The molecule has 0 aliphatic carbocycles. The summed E-state index contributed by atoms with van der Waals surface area (Å²) in [6.07, 6.45) is 0. The second-order valence-corrected chi connectivity index (χ2v) is 2.48. The molecule has 0 atom stereocenters. The Bertz CT molecular complexity index is 315. The van der Waals surface area contributed by atoms with Crippen molar-refractivity contribution < 1.29 is 4.74 Å². The summed E-state index contributed by atoms with van der Waals surface area (Å²) in [5.74, 6) is 0.577. The van der Waals surface area contributed by atoms with Crippen molar-refractivity contribution >= 4 is 0 Å². The van der Waals surface area contributed by atoms with Crippen LogP contribution in [0, 0.1) is 13.5 Å². The summed E-state index contributed by atoms with van der Waals surface area (Å²) >= 11 is 0. The lowest BCUT2D eigenvalue weighted by molar-refractivity contribution is 0.396. The Morgan fingerprint density at radius 1 is 1.58 bits per heavy atom. The molecule has 1 heterocycles. The van der Waals surface area contributed by atoms with Gasteiger partial charge >= 0.3 is 0 Å². The Labute approximate surface area is 71.8 Å². The quantitative estimate of drug-likeness (QED) is 0.620. The van der Waals surface area contributed by atoms with E-state index in [1.807, 2.05) is 13.0 Å². The highest BCUT2D eigenvalue weighted by molar-refractivity contribution is 5.25. The molecule has 1 rings (SSSR count). The predicted octanol–water partition coefficient (Wildman–Crippen LogP) is 1.82. The minimum absolute atomic E-state index is 0.389. The van der Waals surface area contributed by atoms with Crippen molar-refractivity contribution in [3.05, 3.63) is 34.8 Å². The highest BCUT2D eigenvalue weighted by Crippen LogP contribution is 2.12.